The molecule has 3 nitrogen and oxygen atoms in total. The Hall–Kier alpha value is -1.53. The second-order valence-corrected chi connectivity index (χ2v) is 5.47. The van der Waals surface area contributed by atoms with Crippen molar-refractivity contribution in [3.05, 3.63) is 29.3 Å². The molecule has 0 radical (unpaired) electrons. The molecule has 3 heteroatoms. The number of nitrogens with one attached hydrogen (secondary N) is 1. The molecule has 0 saturated carbocycles. The molecule has 1 aromatic carbocycles. The molecule has 0 aliphatic carbocycles. The minimum absolute atomic E-state index is 0.490. The Labute approximate surface area is 116 Å². The van der Waals surface area contributed by atoms with Crippen LogP contribution in [0.25, 0.3) is 0 Å². The standard InChI is InChI=1S/C16H24N2O/c1-12(2)14-7-6-13(3)15(10-14)19-9-8-16(4,11-17)18-5/h6-7,10,12,18H,8-9H2,1-5H3. The van der Waals surface area contributed by atoms with Crippen molar-refractivity contribution >= 4 is 0 Å². The summed E-state index contributed by atoms with van der Waals surface area (Å²) in [6.07, 6.45) is 0.658. The van der Waals surface area contributed by atoms with Crippen LogP contribution in [-0.2, 0) is 0 Å². The summed E-state index contributed by atoms with van der Waals surface area (Å²) in [5.74, 6) is 1.41. The Balaban J connectivity index is 2.68. The zero-order valence-electron chi connectivity index (χ0n) is 12.6. The maximum atomic E-state index is 9.09. The van der Waals surface area contributed by atoms with Gasteiger partial charge in [0.2, 0.25) is 0 Å². The molecule has 104 valence electrons. The minimum atomic E-state index is -0.524. The van der Waals surface area contributed by atoms with Gasteiger partial charge in [-0.25, -0.2) is 0 Å². The van der Waals surface area contributed by atoms with Crippen LogP contribution >= 0.6 is 0 Å². The molecule has 0 aliphatic rings. The topological polar surface area (TPSA) is 45.0 Å². The molecular formula is C16H24N2O. The monoisotopic (exact) mass is 260 g/mol. The fourth-order valence-electron chi connectivity index (χ4n) is 1.73. The zero-order valence-corrected chi connectivity index (χ0v) is 12.6. The molecule has 0 aliphatic heterocycles. The summed E-state index contributed by atoms with van der Waals surface area (Å²) in [4.78, 5) is 0. The second-order valence-electron chi connectivity index (χ2n) is 5.47. The maximum absolute atomic E-state index is 9.09. The van der Waals surface area contributed by atoms with Crippen LogP contribution < -0.4 is 10.1 Å². The van der Waals surface area contributed by atoms with E-state index in [1.807, 2.05) is 13.8 Å². The smallest absolute Gasteiger partial charge is 0.122 e. The lowest BCUT2D eigenvalue weighted by atomic mass is 10.0. The molecular weight excluding hydrogens is 236 g/mol. The molecule has 1 N–H and O–H groups in total. The molecule has 0 amide bonds. The Morgan fingerprint density at radius 2 is 2.11 bits per heavy atom. The summed E-state index contributed by atoms with van der Waals surface area (Å²) in [5, 5.41) is 12.1. The van der Waals surface area contributed by atoms with Gasteiger partial charge >= 0.3 is 0 Å². The van der Waals surface area contributed by atoms with Crippen molar-refractivity contribution < 1.29 is 4.74 Å². The Morgan fingerprint density at radius 1 is 1.42 bits per heavy atom. The largest absolute Gasteiger partial charge is 0.493 e. The van der Waals surface area contributed by atoms with E-state index in [0.29, 0.717) is 18.9 Å². The summed E-state index contributed by atoms with van der Waals surface area (Å²) in [7, 11) is 1.80. The lowest BCUT2D eigenvalue weighted by molar-refractivity contribution is 0.271. The fraction of sp³-hybridized carbons (Fsp3) is 0.562. The summed E-state index contributed by atoms with van der Waals surface area (Å²) in [5.41, 5.74) is 1.88. The summed E-state index contributed by atoms with van der Waals surface area (Å²) < 4.78 is 5.84. The fourth-order valence-corrected chi connectivity index (χ4v) is 1.73. The number of nitriles is 1. The third-order valence-corrected chi connectivity index (χ3v) is 3.54. The van der Waals surface area contributed by atoms with Crippen LogP contribution in [0.5, 0.6) is 5.75 Å². The van der Waals surface area contributed by atoms with Crippen molar-refractivity contribution in [1.82, 2.24) is 5.32 Å². The van der Waals surface area contributed by atoms with Gasteiger partial charge in [0.05, 0.1) is 12.7 Å². The third-order valence-electron chi connectivity index (χ3n) is 3.54. The van der Waals surface area contributed by atoms with Gasteiger partial charge in [0.25, 0.3) is 0 Å². The Morgan fingerprint density at radius 3 is 2.63 bits per heavy atom. The number of aryl methyl sites for hydroxylation is 1. The van der Waals surface area contributed by atoms with Crippen molar-refractivity contribution in [2.75, 3.05) is 13.7 Å². The normalized spacial score (nSPS) is 13.9. The van der Waals surface area contributed by atoms with Crippen LogP contribution in [0.1, 0.15) is 44.2 Å². The third kappa shape index (κ3) is 4.25. The number of hydrogen-bond acceptors (Lipinski definition) is 3. The highest BCUT2D eigenvalue weighted by molar-refractivity contribution is 5.37. The quantitative estimate of drug-likeness (QED) is 0.852. The van der Waals surface area contributed by atoms with E-state index in [0.717, 1.165) is 11.3 Å². The minimum Gasteiger partial charge on any atom is -0.493 e. The number of nitrogens with zero attached hydrogens (tertiary/aromatic N) is 1. The van der Waals surface area contributed by atoms with Crippen LogP contribution in [0.4, 0.5) is 0 Å². The van der Waals surface area contributed by atoms with Crippen molar-refractivity contribution in [2.45, 2.75) is 45.6 Å². The first-order valence-electron chi connectivity index (χ1n) is 6.75. The molecule has 0 bridgehead atoms. The number of benzene rings is 1. The van der Waals surface area contributed by atoms with E-state index in [1.165, 1.54) is 5.56 Å². The van der Waals surface area contributed by atoms with Gasteiger partial charge in [-0.05, 0) is 44.0 Å². The lowest BCUT2D eigenvalue weighted by Gasteiger charge is -2.21. The SMILES string of the molecule is CNC(C)(C#N)CCOc1cc(C(C)C)ccc1C. The van der Waals surface area contributed by atoms with Gasteiger partial charge in [0.15, 0.2) is 0 Å². The number of rotatable bonds is 6. The molecule has 0 saturated heterocycles. The van der Waals surface area contributed by atoms with Crippen LogP contribution in [0.15, 0.2) is 18.2 Å². The first-order valence-corrected chi connectivity index (χ1v) is 6.75. The molecule has 19 heavy (non-hydrogen) atoms. The van der Waals surface area contributed by atoms with Crippen LogP contribution in [0, 0.1) is 18.3 Å². The predicted octanol–water partition coefficient (Wildman–Crippen LogP) is 3.39. The summed E-state index contributed by atoms with van der Waals surface area (Å²) >= 11 is 0. The molecule has 0 aromatic heterocycles. The van der Waals surface area contributed by atoms with Crippen molar-refractivity contribution in [1.29, 1.82) is 5.26 Å². The Bertz CT molecular complexity index is 462. The lowest BCUT2D eigenvalue weighted by Crippen LogP contribution is -2.39. The zero-order chi connectivity index (χ0) is 14.5. The summed E-state index contributed by atoms with van der Waals surface area (Å²) in [6.45, 7) is 8.80. The van der Waals surface area contributed by atoms with E-state index in [9.17, 15) is 0 Å². The van der Waals surface area contributed by atoms with Crippen LogP contribution in [-0.4, -0.2) is 19.2 Å². The molecule has 0 heterocycles. The second kappa shape index (κ2) is 6.58. The average Bonchev–Trinajstić information content (AvgIpc) is 2.40. The van der Waals surface area contributed by atoms with E-state index < -0.39 is 5.54 Å². The van der Waals surface area contributed by atoms with Crippen molar-refractivity contribution in [3.63, 3.8) is 0 Å². The molecule has 0 spiro atoms. The van der Waals surface area contributed by atoms with Gasteiger partial charge in [-0.2, -0.15) is 5.26 Å². The predicted molar refractivity (Wildman–Crippen MR) is 78.5 cm³/mol. The molecule has 1 atom stereocenters. The molecule has 0 fully saturated rings. The van der Waals surface area contributed by atoms with E-state index in [2.05, 4.69) is 43.4 Å². The number of ether oxygens (including phenoxy) is 1. The van der Waals surface area contributed by atoms with Gasteiger partial charge in [0, 0.05) is 6.42 Å². The average molecular weight is 260 g/mol. The highest BCUT2D eigenvalue weighted by Crippen LogP contribution is 2.24. The summed E-state index contributed by atoms with van der Waals surface area (Å²) in [6, 6.07) is 8.60. The highest BCUT2D eigenvalue weighted by Gasteiger charge is 2.20. The van der Waals surface area contributed by atoms with Gasteiger partial charge in [-0.1, -0.05) is 26.0 Å². The first kappa shape index (κ1) is 15.5. The maximum Gasteiger partial charge on any atom is 0.122 e. The van der Waals surface area contributed by atoms with Gasteiger partial charge in [0.1, 0.15) is 11.3 Å². The molecule has 1 unspecified atom stereocenters. The molecule has 1 aromatic rings. The van der Waals surface area contributed by atoms with Gasteiger partial charge < -0.3 is 10.1 Å². The van der Waals surface area contributed by atoms with Crippen LogP contribution in [0.2, 0.25) is 0 Å². The number of hydrogen-bond donors (Lipinski definition) is 1. The van der Waals surface area contributed by atoms with E-state index in [4.69, 9.17) is 10.00 Å². The van der Waals surface area contributed by atoms with Gasteiger partial charge in [-0.15, -0.1) is 0 Å². The van der Waals surface area contributed by atoms with E-state index >= 15 is 0 Å². The molecule has 1 rings (SSSR count). The Kier molecular flexibility index (Phi) is 5.38. The van der Waals surface area contributed by atoms with Crippen molar-refractivity contribution in [3.8, 4) is 11.8 Å². The van der Waals surface area contributed by atoms with E-state index in [1.54, 1.807) is 7.05 Å². The van der Waals surface area contributed by atoms with Crippen molar-refractivity contribution in [2.24, 2.45) is 0 Å². The van der Waals surface area contributed by atoms with E-state index in [-0.39, 0.29) is 0 Å². The highest BCUT2D eigenvalue weighted by atomic mass is 16.5. The first-order chi connectivity index (χ1) is 8.91. The van der Waals surface area contributed by atoms with Crippen LogP contribution in [0.3, 0.4) is 0 Å². The van der Waals surface area contributed by atoms with Gasteiger partial charge in [-0.3, -0.25) is 0 Å².